The molecule has 1 unspecified atom stereocenters. The summed E-state index contributed by atoms with van der Waals surface area (Å²) < 4.78 is 5.20. The summed E-state index contributed by atoms with van der Waals surface area (Å²) in [6, 6.07) is 0.290. The van der Waals surface area contributed by atoms with E-state index in [4.69, 9.17) is 4.52 Å². The minimum absolute atomic E-state index is 0.103. The van der Waals surface area contributed by atoms with Crippen LogP contribution in [-0.4, -0.2) is 35.2 Å². The fraction of sp³-hybridized carbons (Fsp3) is 0.786. The third-order valence-corrected chi connectivity index (χ3v) is 3.36. The van der Waals surface area contributed by atoms with Crippen molar-refractivity contribution in [1.29, 1.82) is 0 Å². The highest BCUT2D eigenvalue weighted by Gasteiger charge is 2.21. The average molecular weight is 280 g/mol. The van der Waals surface area contributed by atoms with Crippen LogP contribution >= 0.6 is 0 Å². The van der Waals surface area contributed by atoms with Crippen molar-refractivity contribution in [3.63, 3.8) is 0 Å². The van der Waals surface area contributed by atoms with Crippen molar-refractivity contribution in [3.05, 3.63) is 11.7 Å². The summed E-state index contributed by atoms with van der Waals surface area (Å²) in [5, 5.41) is 10.2. The fourth-order valence-electron chi connectivity index (χ4n) is 2.14. The van der Waals surface area contributed by atoms with E-state index >= 15 is 0 Å². The summed E-state index contributed by atoms with van der Waals surface area (Å²) in [6.45, 7) is 8.01. The second-order valence-corrected chi connectivity index (χ2v) is 6.37. The molecular weight excluding hydrogens is 256 g/mol. The SMILES string of the molecule is CC(C)(C)c1noc(CCCC(=O)NC2CCNC2)n1. The highest BCUT2D eigenvalue weighted by atomic mass is 16.5. The van der Waals surface area contributed by atoms with Crippen LogP contribution in [0.1, 0.15) is 51.7 Å². The van der Waals surface area contributed by atoms with Crippen LogP contribution in [0.2, 0.25) is 0 Å². The quantitative estimate of drug-likeness (QED) is 0.846. The number of nitrogens with zero attached hydrogens (tertiary/aromatic N) is 2. The Balaban J connectivity index is 1.70. The molecule has 1 saturated heterocycles. The van der Waals surface area contributed by atoms with Gasteiger partial charge in [-0.3, -0.25) is 4.79 Å². The number of carbonyl (C=O) groups excluding carboxylic acids is 1. The van der Waals surface area contributed by atoms with Crippen molar-refractivity contribution >= 4 is 5.91 Å². The molecule has 2 N–H and O–H groups in total. The number of rotatable bonds is 5. The molecule has 0 saturated carbocycles. The molecule has 0 aromatic carbocycles. The van der Waals surface area contributed by atoms with Crippen molar-refractivity contribution in [2.75, 3.05) is 13.1 Å². The molecule has 1 aromatic rings. The van der Waals surface area contributed by atoms with Crippen LogP contribution in [0.15, 0.2) is 4.52 Å². The molecular formula is C14H24N4O2. The van der Waals surface area contributed by atoms with Crippen LogP contribution < -0.4 is 10.6 Å². The summed E-state index contributed by atoms with van der Waals surface area (Å²) in [6.07, 6.45) is 2.91. The van der Waals surface area contributed by atoms with E-state index in [1.165, 1.54) is 0 Å². The number of aromatic nitrogens is 2. The summed E-state index contributed by atoms with van der Waals surface area (Å²) in [4.78, 5) is 16.1. The standard InChI is InChI=1S/C14H24N4O2/c1-14(2,3)13-17-12(20-18-13)6-4-5-11(19)16-10-7-8-15-9-10/h10,15H,4-9H2,1-3H3,(H,16,19). The number of hydrogen-bond acceptors (Lipinski definition) is 5. The first-order chi connectivity index (χ1) is 9.45. The molecule has 0 radical (unpaired) electrons. The lowest BCUT2D eigenvalue weighted by molar-refractivity contribution is -0.121. The first-order valence-corrected chi connectivity index (χ1v) is 7.28. The van der Waals surface area contributed by atoms with Crippen molar-refractivity contribution in [2.24, 2.45) is 0 Å². The highest BCUT2D eigenvalue weighted by Crippen LogP contribution is 2.18. The van der Waals surface area contributed by atoms with Gasteiger partial charge in [0, 0.05) is 30.8 Å². The molecule has 2 heterocycles. The Morgan fingerprint density at radius 3 is 2.90 bits per heavy atom. The molecule has 20 heavy (non-hydrogen) atoms. The van der Waals surface area contributed by atoms with Gasteiger partial charge in [0.05, 0.1) is 0 Å². The van der Waals surface area contributed by atoms with E-state index in [1.807, 2.05) is 20.8 Å². The minimum atomic E-state index is -0.103. The molecule has 1 aliphatic heterocycles. The van der Waals surface area contributed by atoms with E-state index in [0.29, 0.717) is 30.6 Å². The normalized spacial score (nSPS) is 19.2. The zero-order valence-corrected chi connectivity index (χ0v) is 12.5. The van der Waals surface area contributed by atoms with Gasteiger partial charge in [-0.25, -0.2) is 0 Å². The number of carbonyl (C=O) groups is 1. The van der Waals surface area contributed by atoms with Gasteiger partial charge >= 0.3 is 0 Å². The lowest BCUT2D eigenvalue weighted by Crippen LogP contribution is -2.36. The highest BCUT2D eigenvalue weighted by molar-refractivity contribution is 5.76. The zero-order valence-electron chi connectivity index (χ0n) is 12.5. The smallest absolute Gasteiger partial charge is 0.226 e. The van der Waals surface area contributed by atoms with Crippen LogP contribution in [0, 0.1) is 0 Å². The maximum absolute atomic E-state index is 11.7. The molecule has 1 aliphatic rings. The molecule has 1 atom stereocenters. The molecule has 0 aliphatic carbocycles. The van der Waals surface area contributed by atoms with Gasteiger partial charge in [-0.1, -0.05) is 25.9 Å². The molecule has 2 rings (SSSR count). The molecule has 6 heteroatoms. The molecule has 6 nitrogen and oxygen atoms in total. The molecule has 112 valence electrons. The summed E-state index contributed by atoms with van der Waals surface area (Å²) in [5.41, 5.74) is -0.103. The Morgan fingerprint density at radius 1 is 1.50 bits per heavy atom. The van der Waals surface area contributed by atoms with Gasteiger partial charge in [-0.15, -0.1) is 0 Å². The number of nitrogens with one attached hydrogen (secondary N) is 2. The summed E-state index contributed by atoms with van der Waals surface area (Å²) in [7, 11) is 0. The van der Waals surface area contributed by atoms with Crippen LogP contribution in [0.25, 0.3) is 0 Å². The fourth-order valence-corrected chi connectivity index (χ4v) is 2.14. The second kappa shape index (κ2) is 6.35. The van der Waals surface area contributed by atoms with Crippen molar-refractivity contribution in [3.8, 4) is 0 Å². The largest absolute Gasteiger partial charge is 0.352 e. The lowest BCUT2D eigenvalue weighted by Gasteiger charge is -2.11. The third-order valence-electron chi connectivity index (χ3n) is 3.36. The Hall–Kier alpha value is -1.43. The molecule has 0 bridgehead atoms. The molecule has 1 amide bonds. The topological polar surface area (TPSA) is 80.0 Å². The van der Waals surface area contributed by atoms with E-state index in [-0.39, 0.29) is 11.3 Å². The van der Waals surface area contributed by atoms with Crippen molar-refractivity contribution < 1.29 is 9.32 Å². The Bertz CT molecular complexity index is 444. The maximum atomic E-state index is 11.7. The van der Waals surface area contributed by atoms with E-state index in [1.54, 1.807) is 0 Å². The van der Waals surface area contributed by atoms with Crippen molar-refractivity contribution in [2.45, 2.75) is 57.9 Å². The lowest BCUT2D eigenvalue weighted by atomic mass is 9.96. The van der Waals surface area contributed by atoms with Gasteiger partial charge in [-0.2, -0.15) is 4.98 Å². The zero-order chi connectivity index (χ0) is 14.6. The Labute approximate surface area is 119 Å². The number of amides is 1. The summed E-state index contributed by atoms with van der Waals surface area (Å²) >= 11 is 0. The van der Waals surface area contributed by atoms with E-state index in [2.05, 4.69) is 20.8 Å². The Kier molecular flexibility index (Phi) is 4.75. The minimum Gasteiger partial charge on any atom is -0.352 e. The van der Waals surface area contributed by atoms with Gasteiger partial charge in [-0.05, 0) is 19.4 Å². The van der Waals surface area contributed by atoms with Crippen LogP contribution in [0.3, 0.4) is 0 Å². The maximum Gasteiger partial charge on any atom is 0.226 e. The molecule has 1 aromatic heterocycles. The van der Waals surface area contributed by atoms with E-state index < -0.39 is 0 Å². The first kappa shape index (κ1) is 15.0. The van der Waals surface area contributed by atoms with Gasteiger partial charge < -0.3 is 15.2 Å². The monoisotopic (exact) mass is 280 g/mol. The van der Waals surface area contributed by atoms with Crippen LogP contribution in [0.4, 0.5) is 0 Å². The first-order valence-electron chi connectivity index (χ1n) is 7.28. The molecule has 1 fully saturated rings. The van der Waals surface area contributed by atoms with Gasteiger partial charge in [0.1, 0.15) is 0 Å². The van der Waals surface area contributed by atoms with E-state index in [0.717, 1.165) is 25.9 Å². The Morgan fingerprint density at radius 2 is 2.30 bits per heavy atom. The van der Waals surface area contributed by atoms with Crippen LogP contribution in [-0.2, 0) is 16.6 Å². The van der Waals surface area contributed by atoms with E-state index in [9.17, 15) is 4.79 Å². The molecule has 0 spiro atoms. The summed E-state index contributed by atoms with van der Waals surface area (Å²) in [5.74, 6) is 1.44. The predicted octanol–water partition coefficient (Wildman–Crippen LogP) is 1.17. The van der Waals surface area contributed by atoms with Gasteiger partial charge in [0.15, 0.2) is 5.82 Å². The van der Waals surface area contributed by atoms with Crippen LogP contribution in [0.5, 0.6) is 0 Å². The number of hydrogen-bond donors (Lipinski definition) is 2. The third kappa shape index (κ3) is 4.30. The second-order valence-electron chi connectivity index (χ2n) is 6.37. The predicted molar refractivity (Wildman–Crippen MR) is 75.4 cm³/mol. The average Bonchev–Trinajstić information content (AvgIpc) is 2.98. The van der Waals surface area contributed by atoms with Gasteiger partial charge in [0.2, 0.25) is 11.8 Å². The van der Waals surface area contributed by atoms with Gasteiger partial charge in [0.25, 0.3) is 0 Å². The van der Waals surface area contributed by atoms with Crippen molar-refractivity contribution in [1.82, 2.24) is 20.8 Å². The number of aryl methyl sites for hydroxylation is 1.